The van der Waals surface area contributed by atoms with Crippen molar-refractivity contribution in [3.63, 3.8) is 0 Å². The predicted octanol–water partition coefficient (Wildman–Crippen LogP) is 2.63. The van der Waals surface area contributed by atoms with Crippen LogP contribution in [0.3, 0.4) is 0 Å². The van der Waals surface area contributed by atoms with Crippen LogP contribution in [0.5, 0.6) is 0 Å². The summed E-state index contributed by atoms with van der Waals surface area (Å²) in [7, 11) is 0. The third kappa shape index (κ3) is 1.05. The number of rotatable bonds is 0. The van der Waals surface area contributed by atoms with Crippen molar-refractivity contribution in [3.8, 4) is 0 Å². The Balaban J connectivity index is 2.66. The molecule has 0 aliphatic carbocycles. The molecule has 0 atom stereocenters. The smallest absolute Gasteiger partial charge is 0.183 e. The molecule has 80 valence electrons. The minimum absolute atomic E-state index is 0.0840. The van der Waals surface area contributed by atoms with E-state index in [1.54, 1.807) is 6.07 Å². The van der Waals surface area contributed by atoms with E-state index < -0.39 is 0 Å². The van der Waals surface area contributed by atoms with E-state index in [9.17, 15) is 4.79 Å². The lowest BCUT2D eigenvalue weighted by atomic mass is 10.1. The summed E-state index contributed by atoms with van der Waals surface area (Å²) in [6.07, 6.45) is 1.92. The normalized spacial score (nSPS) is 11.4. The van der Waals surface area contributed by atoms with E-state index in [2.05, 4.69) is 9.97 Å². The maximum atomic E-state index is 11.6. The first-order chi connectivity index (χ1) is 7.68. The zero-order valence-electron chi connectivity index (χ0n) is 9.22. The fourth-order valence-electron chi connectivity index (χ4n) is 2.20. The van der Waals surface area contributed by atoms with Crippen molar-refractivity contribution in [2.75, 3.05) is 0 Å². The summed E-state index contributed by atoms with van der Waals surface area (Å²) in [5, 5.41) is 2.28. The second kappa shape index (κ2) is 2.98. The van der Waals surface area contributed by atoms with Gasteiger partial charge in [0.15, 0.2) is 5.43 Å². The second-order valence-corrected chi connectivity index (χ2v) is 4.13. The monoisotopic (exact) mass is 212 g/mol. The fourth-order valence-corrected chi connectivity index (χ4v) is 2.20. The fraction of sp³-hybridized carbons (Fsp3) is 0.154. The van der Waals surface area contributed by atoms with Gasteiger partial charge >= 0.3 is 0 Å². The first-order valence-corrected chi connectivity index (χ1v) is 5.28. The van der Waals surface area contributed by atoms with E-state index >= 15 is 0 Å². The number of aryl methyl sites for hydroxylation is 2. The average Bonchev–Trinajstić information content (AvgIpc) is 2.65. The SMILES string of the molecule is Cc1[nH]ccc2c1[nH]c1c(C)c(=O)ccc12. The molecular weight excluding hydrogens is 200 g/mol. The van der Waals surface area contributed by atoms with Crippen LogP contribution in [0.2, 0.25) is 0 Å². The molecule has 2 heterocycles. The minimum atomic E-state index is 0.0840. The van der Waals surface area contributed by atoms with Gasteiger partial charge in [0.05, 0.1) is 11.0 Å². The molecule has 1 aromatic carbocycles. The van der Waals surface area contributed by atoms with Crippen LogP contribution < -0.4 is 5.43 Å². The van der Waals surface area contributed by atoms with E-state index in [-0.39, 0.29) is 5.43 Å². The number of aromatic nitrogens is 2. The van der Waals surface area contributed by atoms with Crippen LogP contribution in [0.4, 0.5) is 0 Å². The van der Waals surface area contributed by atoms with Crippen molar-refractivity contribution < 1.29 is 0 Å². The van der Waals surface area contributed by atoms with Gasteiger partial charge in [0, 0.05) is 28.2 Å². The van der Waals surface area contributed by atoms with E-state index in [0.717, 1.165) is 33.1 Å². The minimum Gasteiger partial charge on any atom is -0.364 e. The van der Waals surface area contributed by atoms with Gasteiger partial charge in [-0.3, -0.25) is 4.79 Å². The van der Waals surface area contributed by atoms with Gasteiger partial charge in [-0.1, -0.05) is 0 Å². The highest BCUT2D eigenvalue weighted by Crippen LogP contribution is 2.26. The molecule has 16 heavy (non-hydrogen) atoms. The van der Waals surface area contributed by atoms with Crippen molar-refractivity contribution in [3.05, 3.63) is 45.9 Å². The molecule has 0 saturated carbocycles. The van der Waals surface area contributed by atoms with Crippen molar-refractivity contribution in [2.45, 2.75) is 13.8 Å². The highest BCUT2D eigenvalue weighted by Gasteiger charge is 2.08. The number of aromatic amines is 2. The van der Waals surface area contributed by atoms with Crippen molar-refractivity contribution in [1.82, 2.24) is 9.97 Å². The van der Waals surface area contributed by atoms with Gasteiger partial charge in [0.2, 0.25) is 0 Å². The molecule has 0 unspecified atom stereocenters. The topological polar surface area (TPSA) is 48.6 Å². The molecule has 0 saturated heterocycles. The maximum absolute atomic E-state index is 11.6. The number of H-pyrrole nitrogens is 2. The summed E-state index contributed by atoms with van der Waals surface area (Å²) < 4.78 is 0. The summed E-state index contributed by atoms with van der Waals surface area (Å²) in [5.74, 6) is 0. The Morgan fingerprint density at radius 3 is 2.56 bits per heavy atom. The Hall–Kier alpha value is -2.03. The molecule has 0 amide bonds. The summed E-state index contributed by atoms with van der Waals surface area (Å²) in [5.41, 5.74) is 3.98. The molecule has 3 aromatic rings. The Labute approximate surface area is 92.1 Å². The molecule has 3 rings (SSSR count). The number of benzene rings is 1. The summed E-state index contributed by atoms with van der Waals surface area (Å²) in [6.45, 7) is 3.88. The average molecular weight is 212 g/mol. The van der Waals surface area contributed by atoms with E-state index in [1.807, 2.05) is 32.2 Å². The first-order valence-electron chi connectivity index (χ1n) is 5.28. The zero-order chi connectivity index (χ0) is 11.3. The van der Waals surface area contributed by atoms with Crippen LogP contribution in [-0.2, 0) is 0 Å². The van der Waals surface area contributed by atoms with Gasteiger partial charge in [-0.05, 0) is 32.0 Å². The molecule has 2 aromatic heterocycles. The van der Waals surface area contributed by atoms with Gasteiger partial charge in [-0.2, -0.15) is 0 Å². The standard InChI is InChI=1S/C13H12N2O/c1-7-11(16)4-3-9-10-5-6-14-8(2)13(10)15-12(7)9/h3-6,14-15H,1-2H3. The van der Waals surface area contributed by atoms with Gasteiger partial charge in [-0.25, -0.2) is 0 Å². The largest absolute Gasteiger partial charge is 0.364 e. The van der Waals surface area contributed by atoms with Crippen LogP contribution in [-0.4, -0.2) is 9.97 Å². The number of hydrogen-bond donors (Lipinski definition) is 2. The molecule has 2 N–H and O–H groups in total. The Morgan fingerprint density at radius 2 is 1.75 bits per heavy atom. The summed E-state index contributed by atoms with van der Waals surface area (Å²) in [4.78, 5) is 18.1. The van der Waals surface area contributed by atoms with Gasteiger partial charge < -0.3 is 9.97 Å². The van der Waals surface area contributed by atoms with Gasteiger partial charge in [-0.15, -0.1) is 0 Å². The molecule has 3 heteroatoms. The van der Waals surface area contributed by atoms with Crippen LogP contribution in [0.15, 0.2) is 29.2 Å². The third-order valence-electron chi connectivity index (χ3n) is 3.15. The lowest BCUT2D eigenvalue weighted by Crippen LogP contribution is -2.01. The highest BCUT2D eigenvalue weighted by atomic mass is 16.1. The molecular formula is C13H12N2O. The van der Waals surface area contributed by atoms with Gasteiger partial charge in [0.1, 0.15) is 0 Å². The van der Waals surface area contributed by atoms with Gasteiger partial charge in [0.25, 0.3) is 0 Å². The lowest BCUT2D eigenvalue weighted by molar-refractivity contribution is 1.22. The van der Waals surface area contributed by atoms with E-state index in [4.69, 9.17) is 0 Å². The quantitative estimate of drug-likeness (QED) is 0.591. The van der Waals surface area contributed by atoms with Crippen LogP contribution >= 0.6 is 0 Å². The second-order valence-electron chi connectivity index (χ2n) is 4.13. The van der Waals surface area contributed by atoms with E-state index in [0.29, 0.717) is 0 Å². The van der Waals surface area contributed by atoms with Crippen LogP contribution in [0.1, 0.15) is 11.3 Å². The molecule has 0 bridgehead atoms. The summed E-state index contributed by atoms with van der Waals surface area (Å²) >= 11 is 0. The maximum Gasteiger partial charge on any atom is 0.183 e. The predicted molar refractivity (Wildman–Crippen MR) is 65.9 cm³/mol. The highest BCUT2D eigenvalue weighted by molar-refractivity contribution is 6.08. The van der Waals surface area contributed by atoms with Crippen molar-refractivity contribution in [2.24, 2.45) is 0 Å². The Kier molecular flexibility index (Phi) is 1.72. The number of pyridine rings is 1. The number of hydrogen-bond acceptors (Lipinski definition) is 1. The molecule has 3 nitrogen and oxygen atoms in total. The number of nitrogens with one attached hydrogen (secondary N) is 2. The Morgan fingerprint density at radius 1 is 1.00 bits per heavy atom. The number of fused-ring (bicyclic) bond motifs is 3. The van der Waals surface area contributed by atoms with Crippen LogP contribution in [0, 0.1) is 13.8 Å². The van der Waals surface area contributed by atoms with Crippen molar-refractivity contribution in [1.29, 1.82) is 0 Å². The lowest BCUT2D eigenvalue weighted by Gasteiger charge is -1.94. The molecule has 0 aliphatic heterocycles. The molecule has 0 fully saturated rings. The molecule has 0 radical (unpaired) electrons. The van der Waals surface area contributed by atoms with Crippen molar-refractivity contribution >= 4 is 21.8 Å². The zero-order valence-corrected chi connectivity index (χ0v) is 9.22. The first kappa shape index (κ1) is 9.21. The summed E-state index contributed by atoms with van der Waals surface area (Å²) in [6, 6.07) is 5.56. The third-order valence-corrected chi connectivity index (χ3v) is 3.15. The van der Waals surface area contributed by atoms with E-state index in [1.165, 1.54) is 0 Å². The Bertz CT molecular complexity index is 750. The molecule has 0 aliphatic rings. The molecule has 0 spiro atoms. The van der Waals surface area contributed by atoms with Crippen LogP contribution in [0.25, 0.3) is 21.8 Å².